The first-order chi connectivity index (χ1) is 14.0. The predicted octanol–water partition coefficient (Wildman–Crippen LogP) is 1.93. The fraction of sp³-hybridized carbons (Fsp3) is 0.429. The molecule has 8 heteroatoms. The van der Waals surface area contributed by atoms with Crippen LogP contribution in [-0.4, -0.2) is 63.8 Å². The van der Waals surface area contributed by atoms with Crippen LogP contribution in [-0.2, 0) is 11.2 Å². The van der Waals surface area contributed by atoms with Crippen molar-refractivity contribution in [1.29, 1.82) is 0 Å². The zero-order valence-electron chi connectivity index (χ0n) is 15.6. The maximum Gasteiger partial charge on any atom is 0.132 e. The first-order valence-electron chi connectivity index (χ1n) is 9.45. The maximum absolute atomic E-state index is 10.4. The van der Waals surface area contributed by atoms with Gasteiger partial charge in [0.1, 0.15) is 36.3 Å². The van der Waals surface area contributed by atoms with Gasteiger partial charge in [0.25, 0.3) is 0 Å². The number of aliphatic hydroxyl groups is 4. The fourth-order valence-corrected chi connectivity index (χ4v) is 4.78. The number of aliphatic hydroxyl groups excluding tert-OH is 4. The number of hydrogen-bond acceptors (Lipinski definition) is 7. The molecule has 2 heterocycles. The van der Waals surface area contributed by atoms with Crippen molar-refractivity contribution < 1.29 is 29.9 Å². The summed E-state index contributed by atoms with van der Waals surface area (Å²) in [6, 6.07) is 11.3. The third kappa shape index (κ3) is 4.27. The molecule has 0 saturated carbocycles. The molecule has 2 aliphatic heterocycles. The lowest BCUT2D eigenvalue weighted by Crippen LogP contribution is -2.55. The van der Waals surface area contributed by atoms with Crippen LogP contribution in [0.3, 0.4) is 0 Å². The average Bonchev–Trinajstić information content (AvgIpc) is 2.74. The minimum Gasteiger partial charge on any atom is -0.492 e. The highest BCUT2D eigenvalue weighted by atomic mass is 35.5. The molecule has 0 spiro atoms. The Morgan fingerprint density at radius 3 is 2.66 bits per heavy atom. The van der Waals surface area contributed by atoms with Gasteiger partial charge in [0.05, 0.1) is 13.2 Å². The normalized spacial score (nSPS) is 29.2. The van der Waals surface area contributed by atoms with E-state index in [1.807, 2.05) is 18.2 Å². The van der Waals surface area contributed by atoms with Gasteiger partial charge in [0.2, 0.25) is 0 Å². The van der Waals surface area contributed by atoms with Crippen molar-refractivity contribution in [2.75, 3.05) is 19.0 Å². The summed E-state index contributed by atoms with van der Waals surface area (Å²) in [6.07, 6.45) is -5.36. The van der Waals surface area contributed by atoms with Gasteiger partial charge in [-0.3, -0.25) is 0 Å². The Morgan fingerprint density at radius 2 is 1.86 bits per heavy atom. The lowest BCUT2D eigenvalue weighted by molar-refractivity contribution is -0.231. The van der Waals surface area contributed by atoms with Crippen molar-refractivity contribution in [2.24, 2.45) is 0 Å². The van der Waals surface area contributed by atoms with E-state index in [1.54, 1.807) is 23.9 Å². The molecule has 0 aliphatic carbocycles. The summed E-state index contributed by atoms with van der Waals surface area (Å²) in [7, 11) is 0. The van der Waals surface area contributed by atoms with Crippen LogP contribution in [0.2, 0.25) is 5.02 Å². The van der Waals surface area contributed by atoms with E-state index in [0.29, 0.717) is 23.6 Å². The Labute approximate surface area is 178 Å². The predicted molar refractivity (Wildman–Crippen MR) is 110 cm³/mol. The molecular formula is C21H23ClO6S. The van der Waals surface area contributed by atoms with Crippen LogP contribution < -0.4 is 4.74 Å². The van der Waals surface area contributed by atoms with Crippen molar-refractivity contribution in [3.05, 3.63) is 58.1 Å². The molecule has 29 heavy (non-hydrogen) atoms. The van der Waals surface area contributed by atoms with Crippen molar-refractivity contribution in [3.8, 4) is 5.75 Å². The highest BCUT2D eigenvalue weighted by Gasteiger charge is 2.44. The van der Waals surface area contributed by atoms with Crippen LogP contribution in [0.4, 0.5) is 0 Å². The van der Waals surface area contributed by atoms with E-state index in [-0.39, 0.29) is 0 Å². The molecule has 6 nitrogen and oxygen atoms in total. The molecule has 2 aromatic carbocycles. The van der Waals surface area contributed by atoms with Gasteiger partial charge >= 0.3 is 0 Å². The molecular weight excluding hydrogens is 416 g/mol. The van der Waals surface area contributed by atoms with E-state index >= 15 is 0 Å². The molecule has 156 valence electrons. The van der Waals surface area contributed by atoms with E-state index in [9.17, 15) is 20.4 Å². The summed E-state index contributed by atoms with van der Waals surface area (Å²) in [5.41, 5.74) is 2.55. The molecule has 0 bridgehead atoms. The Morgan fingerprint density at radius 1 is 1.03 bits per heavy atom. The van der Waals surface area contributed by atoms with E-state index in [4.69, 9.17) is 21.1 Å². The highest BCUT2D eigenvalue weighted by Crippen LogP contribution is 2.36. The van der Waals surface area contributed by atoms with Crippen molar-refractivity contribution in [2.45, 2.75) is 41.8 Å². The molecule has 4 rings (SSSR count). The summed E-state index contributed by atoms with van der Waals surface area (Å²) >= 11 is 8.17. The molecule has 5 atom stereocenters. The number of fused-ring (bicyclic) bond motifs is 1. The summed E-state index contributed by atoms with van der Waals surface area (Å²) in [5, 5.41) is 40.4. The van der Waals surface area contributed by atoms with E-state index in [0.717, 1.165) is 27.5 Å². The molecule has 1 saturated heterocycles. The maximum atomic E-state index is 10.4. The number of hydrogen-bond donors (Lipinski definition) is 4. The van der Waals surface area contributed by atoms with Crippen molar-refractivity contribution >= 4 is 23.4 Å². The quantitative estimate of drug-likeness (QED) is 0.578. The highest BCUT2D eigenvalue weighted by molar-refractivity contribution is 7.99. The topological polar surface area (TPSA) is 99.4 Å². The van der Waals surface area contributed by atoms with Gasteiger partial charge in [0.15, 0.2) is 0 Å². The second-order valence-corrected chi connectivity index (χ2v) is 8.80. The first kappa shape index (κ1) is 20.9. The molecule has 1 fully saturated rings. The zero-order valence-corrected chi connectivity index (χ0v) is 17.1. The lowest BCUT2D eigenvalue weighted by Gasteiger charge is -2.40. The number of halogens is 1. The van der Waals surface area contributed by atoms with Crippen LogP contribution in [0.15, 0.2) is 41.3 Å². The van der Waals surface area contributed by atoms with Gasteiger partial charge in [-0.1, -0.05) is 29.8 Å². The second-order valence-electron chi connectivity index (χ2n) is 7.26. The Balaban J connectivity index is 1.59. The van der Waals surface area contributed by atoms with Gasteiger partial charge in [-0.2, -0.15) is 0 Å². The smallest absolute Gasteiger partial charge is 0.132 e. The van der Waals surface area contributed by atoms with E-state index in [1.165, 1.54) is 0 Å². The Kier molecular flexibility index (Phi) is 6.36. The minimum atomic E-state index is -1.41. The van der Waals surface area contributed by atoms with Gasteiger partial charge in [0, 0.05) is 15.7 Å². The lowest BCUT2D eigenvalue weighted by atomic mass is 9.90. The average molecular weight is 439 g/mol. The number of thioether (sulfide) groups is 1. The summed E-state index contributed by atoms with van der Waals surface area (Å²) in [6.45, 7) is 0.251. The summed E-state index contributed by atoms with van der Waals surface area (Å²) < 4.78 is 11.3. The SMILES string of the molecule is OC[C@H]1O[C@@H](c2ccc(Cl)c(Cc3ccc4c(c3)SCCO4)c2)[C@H](O)[C@@H](O)[C@@H]1O. The van der Waals surface area contributed by atoms with E-state index in [2.05, 4.69) is 6.07 Å². The molecule has 2 aromatic rings. The van der Waals surface area contributed by atoms with Gasteiger partial charge < -0.3 is 29.9 Å². The van der Waals surface area contributed by atoms with Crippen LogP contribution in [0.5, 0.6) is 5.75 Å². The van der Waals surface area contributed by atoms with Gasteiger partial charge in [-0.15, -0.1) is 11.8 Å². The van der Waals surface area contributed by atoms with Crippen LogP contribution >= 0.6 is 23.4 Å². The molecule has 0 aromatic heterocycles. The molecule has 0 radical (unpaired) electrons. The Hall–Kier alpha value is -1.32. The molecule has 0 amide bonds. The number of rotatable bonds is 4. The summed E-state index contributed by atoms with van der Waals surface area (Å²) in [4.78, 5) is 1.11. The van der Waals surface area contributed by atoms with Crippen LogP contribution in [0.1, 0.15) is 22.8 Å². The zero-order chi connectivity index (χ0) is 20.5. The molecule has 2 aliphatic rings. The van der Waals surface area contributed by atoms with Gasteiger partial charge in [-0.25, -0.2) is 0 Å². The van der Waals surface area contributed by atoms with E-state index < -0.39 is 37.1 Å². The number of ether oxygens (including phenoxy) is 2. The fourth-order valence-electron chi connectivity index (χ4n) is 3.70. The second kappa shape index (κ2) is 8.81. The van der Waals surface area contributed by atoms with Crippen molar-refractivity contribution in [1.82, 2.24) is 0 Å². The first-order valence-corrected chi connectivity index (χ1v) is 10.8. The Bertz CT molecular complexity index is 876. The molecule has 4 N–H and O–H groups in total. The monoisotopic (exact) mass is 438 g/mol. The standard InChI is InChI=1S/C21H23ClO6S/c22-14-3-2-12(21-20(26)19(25)18(24)16(10-23)28-21)9-13(14)7-11-1-4-15-17(8-11)29-6-5-27-15/h1-4,8-9,16,18-21,23-26H,5-7,10H2/t16-,18-,19+,20-,21+/m1/s1. The largest absolute Gasteiger partial charge is 0.492 e. The van der Waals surface area contributed by atoms with Crippen LogP contribution in [0, 0.1) is 0 Å². The summed E-state index contributed by atoms with van der Waals surface area (Å²) in [5.74, 6) is 1.82. The van der Waals surface area contributed by atoms with Crippen molar-refractivity contribution in [3.63, 3.8) is 0 Å². The van der Waals surface area contributed by atoms with Crippen LogP contribution in [0.25, 0.3) is 0 Å². The molecule has 0 unspecified atom stereocenters. The van der Waals surface area contributed by atoms with Gasteiger partial charge in [-0.05, 0) is 41.3 Å². The third-order valence-corrected chi connectivity index (χ3v) is 6.66. The third-order valence-electron chi connectivity index (χ3n) is 5.29. The minimum absolute atomic E-state index is 0.462. The number of benzene rings is 2.